The molecule has 2 fully saturated rings. The van der Waals surface area contributed by atoms with Crippen molar-refractivity contribution < 1.29 is 23.0 Å². The highest BCUT2D eigenvalue weighted by Crippen LogP contribution is 2.40. The van der Waals surface area contributed by atoms with Crippen LogP contribution in [0.4, 0.5) is 13.2 Å². The molecule has 0 bridgehead atoms. The Kier molecular flexibility index (Phi) is 9.33. The van der Waals surface area contributed by atoms with Crippen LogP contribution in [0.25, 0.3) is 11.3 Å². The largest absolute Gasteiger partial charge is 0.417 e. The molecule has 3 aliphatic rings. The number of ether oxygens (including phenoxy) is 1. The number of hydrogen-bond donors (Lipinski definition) is 2. The molecule has 1 aromatic carbocycles. The fraction of sp³-hybridized carbons (Fsp3) is 0.667. The fourth-order valence-electron chi connectivity index (χ4n) is 5.63. The van der Waals surface area contributed by atoms with E-state index in [1.54, 1.807) is 12.1 Å². The third kappa shape index (κ3) is 6.92. The lowest BCUT2D eigenvalue weighted by molar-refractivity contribution is -0.139. The molecule has 2 aromatic rings. The van der Waals surface area contributed by atoms with Gasteiger partial charge in [-0.2, -0.15) is 18.3 Å². The standard InChI is InChI=1S/C27H38F3N5O2S/c28-27(29,30)23-5-4-20(16-25(23)38-15-12-33-10-13-37-14-11-33)26-22-17-31-7-6-24(22)35(32-26)19-21(36)18-34-8-2-1-3-9-34/h4-5,16,21,31,36H,1-3,6-15,17-19H2. The number of aromatic nitrogens is 2. The topological polar surface area (TPSA) is 65.8 Å². The lowest BCUT2D eigenvalue weighted by atomic mass is 10.0. The van der Waals surface area contributed by atoms with Gasteiger partial charge >= 0.3 is 6.18 Å². The SMILES string of the molecule is OC(CN1CCCCC1)Cn1nc(-c2ccc(C(F)(F)F)c(SCCN3CCOCC3)c2)c2c1CCNC2. The van der Waals surface area contributed by atoms with Crippen molar-refractivity contribution in [2.24, 2.45) is 0 Å². The molecule has 2 N–H and O–H groups in total. The minimum absolute atomic E-state index is 0.237. The van der Waals surface area contributed by atoms with Crippen molar-refractivity contribution in [3.05, 3.63) is 35.0 Å². The Morgan fingerprint density at radius 3 is 2.61 bits per heavy atom. The molecule has 5 rings (SSSR count). The Morgan fingerprint density at radius 2 is 1.84 bits per heavy atom. The molecular formula is C27H38F3N5O2S. The minimum atomic E-state index is -4.42. The second kappa shape index (κ2) is 12.7. The van der Waals surface area contributed by atoms with Crippen molar-refractivity contribution in [2.75, 3.05) is 64.8 Å². The maximum atomic E-state index is 13.9. The molecule has 38 heavy (non-hydrogen) atoms. The number of aliphatic hydroxyl groups excluding tert-OH is 1. The maximum absolute atomic E-state index is 13.9. The Morgan fingerprint density at radius 1 is 1.05 bits per heavy atom. The smallest absolute Gasteiger partial charge is 0.390 e. The van der Waals surface area contributed by atoms with E-state index in [9.17, 15) is 18.3 Å². The van der Waals surface area contributed by atoms with Gasteiger partial charge in [-0.25, -0.2) is 0 Å². The molecule has 0 spiro atoms. The summed E-state index contributed by atoms with van der Waals surface area (Å²) < 4.78 is 48.9. The molecule has 0 saturated carbocycles. The lowest BCUT2D eigenvalue weighted by Gasteiger charge is -2.28. The number of nitrogens with zero attached hydrogens (tertiary/aromatic N) is 4. The van der Waals surface area contributed by atoms with E-state index in [4.69, 9.17) is 9.84 Å². The van der Waals surface area contributed by atoms with Crippen LogP contribution in [0.5, 0.6) is 0 Å². The number of benzene rings is 1. The second-order valence-electron chi connectivity index (χ2n) is 10.4. The fourth-order valence-corrected chi connectivity index (χ4v) is 6.75. The first-order valence-electron chi connectivity index (χ1n) is 13.7. The van der Waals surface area contributed by atoms with Gasteiger partial charge < -0.3 is 20.1 Å². The van der Waals surface area contributed by atoms with E-state index in [1.165, 1.54) is 37.1 Å². The average molecular weight is 554 g/mol. The molecule has 1 atom stereocenters. The Balaban J connectivity index is 1.36. The second-order valence-corrected chi connectivity index (χ2v) is 11.5. The van der Waals surface area contributed by atoms with Crippen LogP contribution in [0.3, 0.4) is 0 Å². The van der Waals surface area contributed by atoms with Crippen molar-refractivity contribution in [3.8, 4) is 11.3 Å². The predicted molar refractivity (Wildman–Crippen MR) is 142 cm³/mol. The number of β-amino-alcohol motifs (C(OH)–C–C–N with tert-alkyl or cyclic N) is 1. The molecule has 7 nitrogen and oxygen atoms in total. The van der Waals surface area contributed by atoms with Crippen molar-refractivity contribution in [2.45, 2.75) is 55.9 Å². The summed E-state index contributed by atoms with van der Waals surface area (Å²) in [5.41, 5.74) is 2.89. The van der Waals surface area contributed by atoms with Crippen LogP contribution in [-0.2, 0) is 30.4 Å². The summed E-state index contributed by atoms with van der Waals surface area (Å²) in [6, 6.07) is 4.39. The summed E-state index contributed by atoms with van der Waals surface area (Å²) in [6.07, 6.45) is -0.602. The van der Waals surface area contributed by atoms with Gasteiger partial charge in [-0.15, -0.1) is 11.8 Å². The van der Waals surface area contributed by atoms with Gasteiger partial charge in [0, 0.05) is 73.2 Å². The van der Waals surface area contributed by atoms with Crippen molar-refractivity contribution in [1.29, 1.82) is 0 Å². The number of rotatable bonds is 9. The van der Waals surface area contributed by atoms with Crippen LogP contribution in [0.2, 0.25) is 0 Å². The van der Waals surface area contributed by atoms with E-state index in [2.05, 4.69) is 15.1 Å². The van der Waals surface area contributed by atoms with Gasteiger partial charge in [-0.1, -0.05) is 12.5 Å². The van der Waals surface area contributed by atoms with Gasteiger partial charge in [-0.05, 0) is 38.1 Å². The van der Waals surface area contributed by atoms with Crippen molar-refractivity contribution >= 4 is 11.8 Å². The average Bonchev–Trinajstić information content (AvgIpc) is 3.27. The molecule has 0 amide bonds. The molecule has 4 heterocycles. The normalized spacial score (nSPS) is 20.4. The van der Waals surface area contributed by atoms with Crippen LogP contribution < -0.4 is 5.32 Å². The molecule has 0 radical (unpaired) electrons. The summed E-state index contributed by atoms with van der Waals surface area (Å²) >= 11 is 1.25. The lowest BCUT2D eigenvalue weighted by Crippen LogP contribution is -2.38. The summed E-state index contributed by atoms with van der Waals surface area (Å²) in [6.45, 7) is 8.15. The molecule has 1 aromatic heterocycles. The van der Waals surface area contributed by atoms with Gasteiger partial charge in [0.2, 0.25) is 0 Å². The van der Waals surface area contributed by atoms with Crippen LogP contribution in [0, 0.1) is 0 Å². The summed E-state index contributed by atoms with van der Waals surface area (Å²) in [5, 5.41) is 19.1. The number of aliphatic hydroxyl groups is 1. The van der Waals surface area contributed by atoms with Gasteiger partial charge in [0.1, 0.15) is 0 Å². The molecule has 3 aliphatic heterocycles. The zero-order valence-corrected chi connectivity index (χ0v) is 22.6. The van der Waals surface area contributed by atoms with Gasteiger partial charge in [0.15, 0.2) is 0 Å². The van der Waals surface area contributed by atoms with Crippen LogP contribution in [0.15, 0.2) is 23.1 Å². The first kappa shape index (κ1) is 27.9. The Hall–Kier alpha value is -1.63. The Bertz CT molecular complexity index is 1070. The molecule has 1 unspecified atom stereocenters. The van der Waals surface area contributed by atoms with E-state index < -0.39 is 17.8 Å². The Labute approximate surface area is 226 Å². The van der Waals surface area contributed by atoms with Gasteiger partial charge in [0.05, 0.1) is 37.1 Å². The summed E-state index contributed by atoms with van der Waals surface area (Å²) in [5.74, 6) is 0.573. The van der Waals surface area contributed by atoms with Gasteiger partial charge in [0.25, 0.3) is 0 Å². The highest BCUT2D eigenvalue weighted by atomic mass is 32.2. The van der Waals surface area contributed by atoms with E-state index >= 15 is 0 Å². The first-order valence-corrected chi connectivity index (χ1v) is 14.7. The zero-order chi connectivity index (χ0) is 26.5. The monoisotopic (exact) mass is 553 g/mol. The molecular weight excluding hydrogens is 515 g/mol. The first-order chi connectivity index (χ1) is 18.4. The van der Waals surface area contributed by atoms with Crippen molar-refractivity contribution in [3.63, 3.8) is 0 Å². The van der Waals surface area contributed by atoms with Crippen LogP contribution in [0.1, 0.15) is 36.1 Å². The molecule has 11 heteroatoms. The molecule has 210 valence electrons. The van der Waals surface area contributed by atoms with E-state index in [-0.39, 0.29) is 4.90 Å². The number of morpholine rings is 1. The maximum Gasteiger partial charge on any atom is 0.417 e. The highest BCUT2D eigenvalue weighted by Gasteiger charge is 2.34. The number of halogens is 3. The number of alkyl halides is 3. The summed E-state index contributed by atoms with van der Waals surface area (Å²) in [7, 11) is 0. The quantitative estimate of drug-likeness (QED) is 0.461. The van der Waals surface area contributed by atoms with E-state index in [1.807, 2.05) is 4.68 Å². The number of fused-ring (bicyclic) bond motifs is 1. The number of nitrogens with one attached hydrogen (secondary N) is 1. The number of thioether (sulfide) groups is 1. The van der Waals surface area contributed by atoms with Gasteiger partial charge in [-0.3, -0.25) is 9.58 Å². The number of hydrogen-bond acceptors (Lipinski definition) is 7. The number of piperidine rings is 1. The predicted octanol–water partition coefficient (Wildman–Crippen LogP) is 3.49. The van der Waals surface area contributed by atoms with Crippen LogP contribution in [-0.4, -0.2) is 95.6 Å². The van der Waals surface area contributed by atoms with Crippen LogP contribution >= 0.6 is 11.8 Å². The molecule has 2 saturated heterocycles. The summed E-state index contributed by atoms with van der Waals surface area (Å²) in [4.78, 5) is 4.77. The third-order valence-electron chi connectivity index (χ3n) is 7.64. The number of likely N-dealkylation sites (tertiary alicyclic amines) is 1. The minimum Gasteiger partial charge on any atom is -0.390 e. The van der Waals surface area contributed by atoms with Crippen molar-refractivity contribution in [1.82, 2.24) is 24.9 Å². The zero-order valence-electron chi connectivity index (χ0n) is 21.8. The van der Waals surface area contributed by atoms with E-state index in [0.29, 0.717) is 49.9 Å². The highest BCUT2D eigenvalue weighted by molar-refractivity contribution is 7.99. The van der Waals surface area contributed by atoms with E-state index in [0.717, 1.165) is 56.9 Å². The molecule has 0 aliphatic carbocycles. The third-order valence-corrected chi connectivity index (χ3v) is 8.67.